The molecule has 8 heteroatoms. The summed E-state index contributed by atoms with van der Waals surface area (Å²) in [7, 11) is 1.23. The zero-order chi connectivity index (χ0) is 24.9. The van der Waals surface area contributed by atoms with Crippen LogP contribution in [0, 0.1) is 5.82 Å². The zero-order valence-electron chi connectivity index (χ0n) is 19.0. The van der Waals surface area contributed by atoms with Crippen LogP contribution in [0.4, 0.5) is 4.39 Å². The minimum atomic E-state index is -0.775. The number of carbonyl (C=O) groups excluding carboxylic acids is 4. The summed E-state index contributed by atoms with van der Waals surface area (Å²) < 4.78 is 18.1. The lowest BCUT2D eigenvalue weighted by atomic mass is 10.0. The normalized spacial score (nSPS) is 13.4. The van der Waals surface area contributed by atoms with Gasteiger partial charge >= 0.3 is 5.97 Å². The van der Waals surface area contributed by atoms with Crippen LogP contribution >= 0.6 is 0 Å². The number of halogens is 1. The number of hydrogen-bond donors (Lipinski definition) is 1. The van der Waals surface area contributed by atoms with E-state index in [4.69, 9.17) is 4.74 Å². The third kappa shape index (κ3) is 5.27. The van der Waals surface area contributed by atoms with Crippen LogP contribution in [0.15, 0.2) is 72.8 Å². The average Bonchev–Trinajstić information content (AvgIpc) is 3.12. The molecule has 1 heterocycles. The fraction of sp³-hybridized carbons (Fsp3) is 0.185. The molecule has 0 radical (unpaired) electrons. The van der Waals surface area contributed by atoms with Gasteiger partial charge in [-0.3, -0.25) is 24.1 Å². The topological polar surface area (TPSA) is 92.8 Å². The highest BCUT2D eigenvalue weighted by Crippen LogP contribution is 2.25. The predicted octanol–water partition coefficient (Wildman–Crippen LogP) is 3.70. The van der Waals surface area contributed by atoms with Crippen molar-refractivity contribution < 1.29 is 28.3 Å². The quantitative estimate of drug-likeness (QED) is 0.397. The molecule has 1 unspecified atom stereocenters. The maximum atomic E-state index is 13.3. The molecule has 0 bridgehead atoms. The maximum Gasteiger partial charge on any atom is 0.307 e. The first-order chi connectivity index (χ1) is 16.9. The molecule has 3 amide bonds. The van der Waals surface area contributed by atoms with Gasteiger partial charge in [0.25, 0.3) is 17.7 Å². The van der Waals surface area contributed by atoms with Crippen LogP contribution in [0.1, 0.15) is 54.7 Å². The van der Waals surface area contributed by atoms with Gasteiger partial charge < -0.3 is 10.1 Å². The molecule has 1 atom stereocenters. The molecule has 0 saturated carbocycles. The fourth-order valence-corrected chi connectivity index (χ4v) is 3.96. The molecule has 4 rings (SSSR count). The van der Waals surface area contributed by atoms with Crippen LogP contribution in [0.5, 0.6) is 0 Å². The van der Waals surface area contributed by atoms with Crippen LogP contribution in [-0.4, -0.2) is 42.2 Å². The predicted molar refractivity (Wildman–Crippen MR) is 125 cm³/mol. The highest BCUT2D eigenvalue weighted by atomic mass is 19.1. The van der Waals surface area contributed by atoms with Gasteiger partial charge in [0.2, 0.25) is 0 Å². The number of esters is 1. The molecule has 35 heavy (non-hydrogen) atoms. The molecule has 3 aromatic rings. The lowest BCUT2D eigenvalue weighted by Crippen LogP contribution is -2.31. The van der Waals surface area contributed by atoms with Crippen LogP contribution in [0.25, 0.3) is 0 Å². The number of fused-ring (bicyclic) bond motifs is 1. The van der Waals surface area contributed by atoms with Crippen molar-refractivity contribution in [2.45, 2.75) is 18.9 Å². The summed E-state index contributed by atoms with van der Waals surface area (Å²) in [5.74, 6) is -2.41. The summed E-state index contributed by atoms with van der Waals surface area (Å²) in [5.41, 5.74) is 2.07. The summed E-state index contributed by atoms with van der Waals surface area (Å²) >= 11 is 0. The molecule has 0 aromatic heterocycles. The third-order valence-corrected chi connectivity index (χ3v) is 5.88. The number of nitrogens with zero attached hydrogens (tertiary/aromatic N) is 1. The van der Waals surface area contributed by atoms with Gasteiger partial charge in [-0.1, -0.05) is 42.5 Å². The fourth-order valence-electron chi connectivity index (χ4n) is 3.96. The molecular formula is C27H23FN2O5. The molecule has 0 spiro atoms. The van der Waals surface area contributed by atoms with Gasteiger partial charge in [-0.2, -0.15) is 0 Å². The van der Waals surface area contributed by atoms with Crippen LogP contribution in [0.2, 0.25) is 0 Å². The monoisotopic (exact) mass is 474 g/mol. The van der Waals surface area contributed by atoms with Crippen molar-refractivity contribution in [1.29, 1.82) is 0 Å². The van der Waals surface area contributed by atoms with Crippen LogP contribution < -0.4 is 5.32 Å². The van der Waals surface area contributed by atoms with Crippen LogP contribution in [0.3, 0.4) is 0 Å². The van der Waals surface area contributed by atoms with E-state index in [-0.39, 0.29) is 29.7 Å². The first-order valence-electron chi connectivity index (χ1n) is 11.0. The Labute approximate surface area is 201 Å². The summed E-state index contributed by atoms with van der Waals surface area (Å²) in [6, 6.07) is 18.5. The largest absolute Gasteiger partial charge is 0.469 e. The first kappa shape index (κ1) is 23.8. The van der Waals surface area contributed by atoms with Crippen LogP contribution in [-0.2, 0) is 16.0 Å². The van der Waals surface area contributed by atoms with Crippen molar-refractivity contribution >= 4 is 23.7 Å². The molecule has 1 aliphatic heterocycles. The van der Waals surface area contributed by atoms with Crippen molar-refractivity contribution in [2.75, 3.05) is 13.7 Å². The summed E-state index contributed by atoms with van der Waals surface area (Å²) in [4.78, 5) is 51.8. The van der Waals surface area contributed by atoms with E-state index in [2.05, 4.69) is 5.32 Å². The molecule has 0 saturated heterocycles. The van der Waals surface area contributed by atoms with Gasteiger partial charge in [0.15, 0.2) is 0 Å². The second-order valence-corrected chi connectivity index (χ2v) is 8.12. The molecule has 0 aliphatic carbocycles. The minimum Gasteiger partial charge on any atom is -0.469 e. The third-order valence-electron chi connectivity index (χ3n) is 5.88. The van der Waals surface area contributed by atoms with E-state index in [1.54, 1.807) is 0 Å². The average molecular weight is 474 g/mol. The number of methoxy groups -OCH3 is 1. The number of imide groups is 1. The Morgan fingerprint density at radius 2 is 1.63 bits per heavy atom. The zero-order valence-corrected chi connectivity index (χ0v) is 19.0. The highest BCUT2D eigenvalue weighted by Gasteiger charge is 2.35. The Morgan fingerprint density at radius 1 is 0.943 bits per heavy atom. The Morgan fingerprint density at radius 3 is 2.31 bits per heavy atom. The number of benzene rings is 3. The molecule has 1 N–H and O–H groups in total. The number of ether oxygens (including phenoxy) is 1. The van der Waals surface area contributed by atoms with Gasteiger partial charge in [0.05, 0.1) is 30.7 Å². The Kier molecular flexibility index (Phi) is 7.01. The number of hydrogen-bond acceptors (Lipinski definition) is 5. The van der Waals surface area contributed by atoms with Gasteiger partial charge in [0, 0.05) is 12.1 Å². The lowest BCUT2D eigenvalue weighted by Gasteiger charge is -2.18. The summed E-state index contributed by atoms with van der Waals surface area (Å²) in [6.07, 6.45) is 0.357. The lowest BCUT2D eigenvalue weighted by molar-refractivity contribution is -0.141. The number of carbonyl (C=O) groups is 4. The maximum absolute atomic E-state index is 13.3. The van der Waals surface area contributed by atoms with E-state index < -0.39 is 35.5 Å². The first-order valence-corrected chi connectivity index (χ1v) is 11.0. The van der Waals surface area contributed by atoms with Crippen molar-refractivity contribution in [2.24, 2.45) is 0 Å². The standard InChI is InChI=1S/C27H23FN2O5/c1-35-24(31)16-23(18-7-10-20(28)11-8-18)29-25(32)19-9-12-21-22(15-19)27(34)30(26(21)33)14-13-17-5-3-2-4-6-17/h2-12,15,23H,13-14,16H2,1H3,(H,29,32). The SMILES string of the molecule is COC(=O)CC(NC(=O)c1ccc2c(c1)C(=O)N(CCc1ccccc1)C2=O)c1ccc(F)cc1. The van der Waals surface area contributed by atoms with E-state index in [1.165, 1.54) is 54.5 Å². The molecular weight excluding hydrogens is 451 g/mol. The smallest absolute Gasteiger partial charge is 0.307 e. The Balaban J connectivity index is 1.51. The molecule has 1 aliphatic rings. The second kappa shape index (κ2) is 10.3. The Hall–Kier alpha value is -4.33. The van der Waals surface area contributed by atoms with E-state index in [1.807, 2.05) is 30.3 Å². The number of nitrogens with one attached hydrogen (secondary N) is 1. The van der Waals surface area contributed by atoms with Gasteiger partial charge in [-0.25, -0.2) is 4.39 Å². The molecule has 7 nitrogen and oxygen atoms in total. The summed E-state index contributed by atoms with van der Waals surface area (Å²) in [6.45, 7) is 0.226. The molecule has 178 valence electrons. The van der Waals surface area contributed by atoms with Crippen molar-refractivity contribution in [3.63, 3.8) is 0 Å². The van der Waals surface area contributed by atoms with E-state index in [0.29, 0.717) is 12.0 Å². The highest BCUT2D eigenvalue weighted by molar-refractivity contribution is 6.22. The van der Waals surface area contributed by atoms with E-state index in [9.17, 15) is 23.6 Å². The number of amides is 3. The second-order valence-electron chi connectivity index (χ2n) is 8.12. The molecule has 3 aromatic carbocycles. The minimum absolute atomic E-state index is 0.155. The van der Waals surface area contributed by atoms with Gasteiger partial charge in [-0.15, -0.1) is 0 Å². The van der Waals surface area contributed by atoms with Gasteiger partial charge in [-0.05, 0) is 47.9 Å². The Bertz CT molecular complexity index is 1270. The summed E-state index contributed by atoms with van der Waals surface area (Å²) in [5, 5.41) is 2.74. The van der Waals surface area contributed by atoms with E-state index in [0.717, 1.165) is 5.56 Å². The molecule has 0 fully saturated rings. The van der Waals surface area contributed by atoms with Crippen molar-refractivity contribution in [1.82, 2.24) is 10.2 Å². The van der Waals surface area contributed by atoms with Crippen molar-refractivity contribution in [3.05, 3.63) is 106 Å². The number of rotatable bonds is 8. The van der Waals surface area contributed by atoms with Crippen molar-refractivity contribution in [3.8, 4) is 0 Å². The van der Waals surface area contributed by atoms with E-state index >= 15 is 0 Å². The van der Waals surface area contributed by atoms with Gasteiger partial charge in [0.1, 0.15) is 5.82 Å².